The Morgan fingerprint density at radius 3 is 2.50 bits per heavy atom. The highest BCUT2D eigenvalue weighted by Gasteiger charge is 2.32. The zero-order chi connectivity index (χ0) is 13.7. The van der Waals surface area contributed by atoms with Gasteiger partial charge in [-0.15, -0.1) is 0 Å². The number of hydrogen-bond acceptors (Lipinski definition) is 2. The second kappa shape index (κ2) is 6.61. The summed E-state index contributed by atoms with van der Waals surface area (Å²) in [5.74, 6) is 0.0625. The van der Waals surface area contributed by atoms with Gasteiger partial charge in [0.1, 0.15) is 0 Å². The minimum absolute atomic E-state index is 0.0587. The molecule has 5 nitrogen and oxygen atoms in total. The Labute approximate surface area is 109 Å². The summed E-state index contributed by atoms with van der Waals surface area (Å²) in [4.78, 5) is 24.0. The molecule has 5 heteroatoms. The Morgan fingerprint density at radius 1 is 1.39 bits per heavy atom. The van der Waals surface area contributed by atoms with Gasteiger partial charge in [0, 0.05) is 26.1 Å². The molecule has 0 radical (unpaired) electrons. The van der Waals surface area contributed by atoms with E-state index in [-0.39, 0.29) is 18.4 Å². The van der Waals surface area contributed by atoms with Crippen LogP contribution >= 0.6 is 0 Å². The van der Waals surface area contributed by atoms with Crippen molar-refractivity contribution in [2.75, 3.05) is 13.6 Å². The number of carbonyl (C=O) groups is 2. The highest BCUT2D eigenvalue weighted by molar-refractivity contribution is 5.74. The van der Waals surface area contributed by atoms with Crippen molar-refractivity contribution in [3.05, 3.63) is 0 Å². The summed E-state index contributed by atoms with van der Waals surface area (Å²) in [6.45, 7) is 4.56. The van der Waals surface area contributed by atoms with Gasteiger partial charge in [-0.05, 0) is 38.0 Å². The van der Waals surface area contributed by atoms with Crippen LogP contribution in [-0.2, 0) is 4.79 Å². The first-order valence-electron chi connectivity index (χ1n) is 6.64. The smallest absolute Gasteiger partial charge is 0.317 e. The van der Waals surface area contributed by atoms with E-state index in [1.165, 1.54) is 12.8 Å². The predicted molar refractivity (Wildman–Crippen MR) is 69.4 cm³/mol. The Morgan fingerprint density at radius 2 is 2.00 bits per heavy atom. The molecular formula is C13H24N2O3. The molecule has 0 aliphatic heterocycles. The number of rotatable bonds is 7. The van der Waals surface area contributed by atoms with Gasteiger partial charge in [0.15, 0.2) is 0 Å². The van der Waals surface area contributed by atoms with Gasteiger partial charge < -0.3 is 15.3 Å². The van der Waals surface area contributed by atoms with Crippen molar-refractivity contribution in [2.45, 2.75) is 45.6 Å². The molecule has 0 aromatic rings. The standard InChI is InChI=1S/C13H24N2O3/c1-9(4-7-12(16)17)8-14-13(18)15(3)10(2)11-5-6-11/h9-11H,4-8H2,1-3H3,(H,14,18)(H,16,17). The predicted octanol–water partition coefficient (Wildman–Crippen LogP) is 1.93. The molecular weight excluding hydrogens is 232 g/mol. The number of aliphatic carboxylic acids is 1. The minimum atomic E-state index is -0.785. The first kappa shape index (κ1) is 14.8. The van der Waals surface area contributed by atoms with Crippen LogP contribution in [-0.4, -0.2) is 41.6 Å². The van der Waals surface area contributed by atoms with E-state index in [0.29, 0.717) is 24.9 Å². The fourth-order valence-electron chi connectivity index (χ4n) is 1.94. The van der Waals surface area contributed by atoms with E-state index in [9.17, 15) is 9.59 Å². The van der Waals surface area contributed by atoms with Gasteiger partial charge in [-0.25, -0.2) is 4.79 Å². The quantitative estimate of drug-likeness (QED) is 0.731. The van der Waals surface area contributed by atoms with Crippen molar-refractivity contribution in [3.63, 3.8) is 0 Å². The molecule has 104 valence electrons. The van der Waals surface area contributed by atoms with Crippen LogP contribution in [0.15, 0.2) is 0 Å². The van der Waals surface area contributed by atoms with Crippen LogP contribution in [0.5, 0.6) is 0 Å². The molecule has 1 saturated carbocycles. The van der Waals surface area contributed by atoms with E-state index in [1.807, 2.05) is 14.0 Å². The highest BCUT2D eigenvalue weighted by Crippen LogP contribution is 2.34. The van der Waals surface area contributed by atoms with Gasteiger partial charge in [-0.3, -0.25) is 4.79 Å². The fraction of sp³-hybridized carbons (Fsp3) is 0.846. The zero-order valence-electron chi connectivity index (χ0n) is 11.5. The number of carbonyl (C=O) groups excluding carboxylic acids is 1. The summed E-state index contributed by atoms with van der Waals surface area (Å²) >= 11 is 0. The van der Waals surface area contributed by atoms with Gasteiger partial charge in [0.25, 0.3) is 0 Å². The van der Waals surface area contributed by atoms with E-state index in [2.05, 4.69) is 12.2 Å². The molecule has 0 spiro atoms. The minimum Gasteiger partial charge on any atom is -0.481 e. The Kier molecular flexibility index (Phi) is 5.44. The Hall–Kier alpha value is -1.26. The molecule has 18 heavy (non-hydrogen) atoms. The van der Waals surface area contributed by atoms with Gasteiger partial charge in [0.2, 0.25) is 0 Å². The van der Waals surface area contributed by atoms with Gasteiger partial charge >= 0.3 is 12.0 Å². The number of urea groups is 1. The van der Waals surface area contributed by atoms with Crippen molar-refractivity contribution in [1.82, 2.24) is 10.2 Å². The van der Waals surface area contributed by atoms with Crippen molar-refractivity contribution >= 4 is 12.0 Å². The number of amides is 2. The van der Waals surface area contributed by atoms with Gasteiger partial charge in [-0.1, -0.05) is 6.92 Å². The van der Waals surface area contributed by atoms with Crippen LogP contribution in [0.3, 0.4) is 0 Å². The third kappa shape index (κ3) is 4.94. The van der Waals surface area contributed by atoms with Crippen molar-refractivity contribution in [2.24, 2.45) is 11.8 Å². The molecule has 1 aliphatic rings. The molecule has 0 aromatic carbocycles. The molecule has 1 rings (SSSR count). The van der Waals surface area contributed by atoms with E-state index in [4.69, 9.17) is 5.11 Å². The number of nitrogens with zero attached hydrogens (tertiary/aromatic N) is 1. The third-order valence-electron chi connectivity index (χ3n) is 3.69. The van der Waals surface area contributed by atoms with Crippen LogP contribution in [0.1, 0.15) is 39.5 Å². The van der Waals surface area contributed by atoms with Crippen LogP contribution in [0, 0.1) is 11.8 Å². The SMILES string of the molecule is CC(CCC(=O)O)CNC(=O)N(C)C(C)C1CC1. The summed E-state index contributed by atoms with van der Waals surface area (Å²) in [6, 6.07) is 0.232. The second-order valence-electron chi connectivity index (χ2n) is 5.41. The lowest BCUT2D eigenvalue weighted by Gasteiger charge is -2.25. The van der Waals surface area contributed by atoms with Crippen molar-refractivity contribution in [1.29, 1.82) is 0 Å². The van der Waals surface area contributed by atoms with Crippen molar-refractivity contribution < 1.29 is 14.7 Å². The summed E-state index contributed by atoms with van der Waals surface area (Å²) in [7, 11) is 1.82. The largest absolute Gasteiger partial charge is 0.481 e. The van der Waals surface area contributed by atoms with Crippen LogP contribution in [0.2, 0.25) is 0 Å². The van der Waals surface area contributed by atoms with E-state index < -0.39 is 5.97 Å². The number of carboxylic acids is 1. The molecule has 1 fully saturated rings. The average Bonchev–Trinajstić information content (AvgIpc) is 3.15. The van der Waals surface area contributed by atoms with E-state index >= 15 is 0 Å². The van der Waals surface area contributed by atoms with Crippen LogP contribution in [0.25, 0.3) is 0 Å². The number of nitrogens with one attached hydrogen (secondary N) is 1. The van der Waals surface area contributed by atoms with E-state index in [0.717, 1.165) is 0 Å². The summed E-state index contributed by atoms with van der Waals surface area (Å²) in [5.41, 5.74) is 0. The lowest BCUT2D eigenvalue weighted by Crippen LogP contribution is -2.44. The van der Waals surface area contributed by atoms with Crippen LogP contribution in [0.4, 0.5) is 4.79 Å². The number of carboxylic acid groups (broad SMARTS) is 1. The maximum absolute atomic E-state index is 11.9. The normalized spacial score (nSPS) is 17.9. The van der Waals surface area contributed by atoms with E-state index in [1.54, 1.807) is 4.90 Å². The lowest BCUT2D eigenvalue weighted by atomic mass is 10.1. The summed E-state index contributed by atoms with van der Waals surface area (Å²) < 4.78 is 0. The maximum atomic E-state index is 11.9. The van der Waals surface area contributed by atoms with Gasteiger partial charge in [-0.2, -0.15) is 0 Å². The lowest BCUT2D eigenvalue weighted by molar-refractivity contribution is -0.137. The van der Waals surface area contributed by atoms with Crippen molar-refractivity contribution in [3.8, 4) is 0 Å². The molecule has 2 atom stereocenters. The Balaban J connectivity index is 2.20. The second-order valence-corrected chi connectivity index (χ2v) is 5.41. The maximum Gasteiger partial charge on any atom is 0.317 e. The molecule has 2 unspecified atom stereocenters. The average molecular weight is 256 g/mol. The first-order valence-corrected chi connectivity index (χ1v) is 6.64. The molecule has 0 saturated heterocycles. The molecule has 1 aliphatic carbocycles. The molecule has 2 amide bonds. The Bertz CT molecular complexity index is 303. The summed E-state index contributed by atoms with van der Waals surface area (Å²) in [5, 5.41) is 11.4. The molecule has 0 heterocycles. The first-order chi connectivity index (χ1) is 8.41. The highest BCUT2D eigenvalue weighted by atomic mass is 16.4. The topological polar surface area (TPSA) is 69.6 Å². The fourth-order valence-corrected chi connectivity index (χ4v) is 1.94. The summed E-state index contributed by atoms with van der Waals surface area (Å²) in [6.07, 6.45) is 3.18. The molecule has 2 N–H and O–H groups in total. The number of hydrogen-bond donors (Lipinski definition) is 2. The molecule has 0 aromatic heterocycles. The van der Waals surface area contributed by atoms with Gasteiger partial charge in [0.05, 0.1) is 0 Å². The zero-order valence-corrected chi connectivity index (χ0v) is 11.5. The third-order valence-corrected chi connectivity index (χ3v) is 3.69. The monoisotopic (exact) mass is 256 g/mol. The molecule has 0 bridgehead atoms. The van der Waals surface area contributed by atoms with Crippen LogP contribution < -0.4 is 5.32 Å².